The number of nitrogens with zero attached hydrogens (tertiary/aromatic N) is 1. The number of hydrogen-bond donors (Lipinski definition) is 1. The molecule has 0 spiro atoms. The van der Waals surface area contributed by atoms with Crippen LogP contribution in [0.2, 0.25) is 0 Å². The van der Waals surface area contributed by atoms with Gasteiger partial charge in [-0.2, -0.15) is 0 Å². The SMILES string of the molecule is CNCc1sc(C2CC2)nc1CC(C)C. The van der Waals surface area contributed by atoms with Crippen molar-refractivity contribution in [3.8, 4) is 0 Å². The summed E-state index contributed by atoms with van der Waals surface area (Å²) in [5, 5.41) is 4.63. The zero-order valence-electron chi connectivity index (χ0n) is 9.84. The van der Waals surface area contributed by atoms with Crippen LogP contribution in [0.15, 0.2) is 0 Å². The Hall–Kier alpha value is -0.410. The number of nitrogens with one attached hydrogen (secondary N) is 1. The van der Waals surface area contributed by atoms with E-state index in [0.29, 0.717) is 5.92 Å². The van der Waals surface area contributed by atoms with E-state index in [1.807, 2.05) is 18.4 Å². The number of thiazole rings is 1. The summed E-state index contributed by atoms with van der Waals surface area (Å²) in [6.07, 6.45) is 3.83. The summed E-state index contributed by atoms with van der Waals surface area (Å²) >= 11 is 1.92. The molecule has 1 N–H and O–H groups in total. The summed E-state index contributed by atoms with van der Waals surface area (Å²) < 4.78 is 0. The van der Waals surface area contributed by atoms with Crippen molar-refractivity contribution in [2.24, 2.45) is 5.92 Å². The highest BCUT2D eigenvalue weighted by Crippen LogP contribution is 2.42. The van der Waals surface area contributed by atoms with Crippen LogP contribution in [0, 0.1) is 5.92 Å². The van der Waals surface area contributed by atoms with Crippen LogP contribution < -0.4 is 5.32 Å². The van der Waals surface area contributed by atoms with Crippen molar-refractivity contribution in [1.82, 2.24) is 10.3 Å². The fourth-order valence-electron chi connectivity index (χ4n) is 1.75. The lowest BCUT2D eigenvalue weighted by molar-refractivity contribution is 0.629. The Labute approximate surface area is 96.1 Å². The average Bonchev–Trinajstić information content (AvgIpc) is 2.92. The Bertz CT molecular complexity index is 326. The maximum atomic E-state index is 4.81. The van der Waals surface area contributed by atoms with E-state index in [4.69, 9.17) is 4.98 Å². The Kier molecular flexibility index (Phi) is 3.42. The molecule has 2 rings (SSSR count). The highest BCUT2D eigenvalue weighted by Gasteiger charge is 2.28. The maximum absolute atomic E-state index is 4.81. The fraction of sp³-hybridized carbons (Fsp3) is 0.750. The summed E-state index contributed by atoms with van der Waals surface area (Å²) in [4.78, 5) is 6.26. The second-order valence-electron chi connectivity index (χ2n) is 4.82. The van der Waals surface area contributed by atoms with Gasteiger partial charge in [0, 0.05) is 17.3 Å². The first kappa shape index (κ1) is 11.1. The van der Waals surface area contributed by atoms with Crippen molar-refractivity contribution < 1.29 is 0 Å². The minimum absolute atomic E-state index is 0.703. The summed E-state index contributed by atoms with van der Waals surface area (Å²) in [7, 11) is 2.01. The van der Waals surface area contributed by atoms with Crippen LogP contribution in [-0.2, 0) is 13.0 Å². The standard InChI is InChI=1S/C12H20N2S/c1-8(2)6-10-11(7-13-3)15-12(14-10)9-4-5-9/h8-9,13H,4-7H2,1-3H3. The van der Waals surface area contributed by atoms with Crippen molar-refractivity contribution in [1.29, 1.82) is 0 Å². The summed E-state index contributed by atoms with van der Waals surface area (Å²) in [5.41, 5.74) is 1.34. The molecule has 0 amide bonds. The molecule has 0 unspecified atom stereocenters. The van der Waals surface area contributed by atoms with Gasteiger partial charge in [0.2, 0.25) is 0 Å². The van der Waals surface area contributed by atoms with Crippen LogP contribution >= 0.6 is 11.3 Å². The highest BCUT2D eigenvalue weighted by molar-refractivity contribution is 7.11. The molecule has 0 atom stereocenters. The molecule has 0 aliphatic heterocycles. The van der Waals surface area contributed by atoms with Crippen LogP contribution in [0.1, 0.15) is 48.2 Å². The largest absolute Gasteiger partial charge is 0.315 e. The van der Waals surface area contributed by atoms with Gasteiger partial charge in [0.25, 0.3) is 0 Å². The fourth-order valence-corrected chi connectivity index (χ4v) is 3.03. The van der Waals surface area contributed by atoms with Crippen molar-refractivity contribution in [2.45, 2.75) is 45.6 Å². The molecular weight excluding hydrogens is 204 g/mol. The molecule has 2 nitrogen and oxygen atoms in total. The normalized spacial score (nSPS) is 16.3. The Morgan fingerprint density at radius 3 is 2.73 bits per heavy atom. The van der Waals surface area contributed by atoms with Gasteiger partial charge in [-0.1, -0.05) is 13.8 Å². The first-order chi connectivity index (χ1) is 7.20. The molecule has 0 saturated heterocycles. The first-order valence-corrected chi connectivity index (χ1v) is 6.65. The van der Waals surface area contributed by atoms with Crippen molar-refractivity contribution in [3.63, 3.8) is 0 Å². The quantitative estimate of drug-likeness (QED) is 0.832. The zero-order chi connectivity index (χ0) is 10.8. The van der Waals surface area contributed by atoms with Crippen molar-refractivity contribution >= 4 is 11.3 Å². The lowest BCUT2D eigenvalue weighted by atomic mass is 10.1. The molecule has 1 aliphatic rings. The van der Waals surface area contributed by atoms with Crippen LogP contribution in [0.4, 0.5) is 0 Å². The van der Waals surface area contributed by atoms with Gasteiger partial charge in [-0.25, -0.2) is 4.98 Å². The van der Waals surface area contributed by atoms with Gasteiger partial charge in [0.05, 0.1) is 10.7 Å². The Balaban J connectivity index is 2.16. The molecular formula is C12H20N2S. The lowest BCUT2D eigenvalue weighted by Gasteiger charge is -2.03. The van der Waals surface area contributed by atoms with Crippen LogP contribution in [0.3, 0.4) is 0 Å². The minimum Gasteiger partial charge on any atom is -0.315 e. The van der Waals surface area contributed by atoms with Crippen molar-refractivity contribution in [3.05, 3.63) is 15.6 Å². The van der Waals surface area contributed by atoms with E-state index in [0.717, 1.165) is 18.9 Å². The molecule has 1 aromatic heterocycles. The molecule has 1 heterocycles. The smallest absolute Gasteiger partial charge is 0.0962 e. The van der Waals surface area contributed by atoms with Gasteiger partial charge in [-0.05, 0) is 32.2 Å². The number of rotatable bonds is 5. The van der Waals surface area contributed by atoms with E-state index in [9.17, 15) is 0 Å². The van der Waals surface area contributed by atoms with Gasteiger partial charge >= 0.3 is 0 Å². The predicted octanol–water partition coefficient (Wildman–Crippen LogP) is 2.94. The minimum atomic E-state index is 0.703. The molecule has 84 valence electrons. The van der Waals surface area contributed by atoms with Crippen LogP contribution in [-0.4, -0.2) is 12.0 Å². The Morgan fingerprint density at radius 1 is 1.47 bits per heavy atom. The van der Waals surface area contributed by atoms with E-state index in [1.165, 1.54) is 28.4 Å². The second-order valence-corrected chi connectivity index (χ2v) is 5.94. The third-order valence-electron chi connectivity index (χ3n) is 2.66. The maximum Gasteiger partial charge on any atom is 0.0962 e. The third kappa shape index (κ3) is 2.79. The van der Waals surface area contributed by atoms with Crippen LogP contribution in [0.25, 0.3) is 0 Å². The zero-order valence-corrected chi connectivity index (χ0v) is 10.7. The predicted molar refractivity (Wildman–Crippen MR) is 65.4 cm³/mol. The van der Waals surface area contributed by atoms with E-state index in [-0.39, 0.29) is 0 Å². The van der Waals surface area contributed by atoms with E-state index < -0.39 is 0 Å². The van der Waals surface area contributed by atoms with Gasteiger partial charge in [0.1, 0.15) is 0 Å². The number of aromatic nitrogens is 1. The van der Waals surface area contributed by atoms with E-state index in [2.05, 4.69) is 19.2 Å². The molecule has 1 aliphatic carbocycles. The summed E-state index contributed by atoms with van der Waals surface area (Å²) in [6.45, 7) is 5.50. The van der Waals surface area contributed by atoms with Gasteiger partial charge in [0.15, 0.2) is 0 Å². The van der Waals surface area contributed by atoms with Gasteiger partial charge < -0.3 is 5.32 Å². The van der Waals surface area contributed by atoms with Crippen molar-refractivity contribution in [2.75, 3.05) is 7.05 Å². The molecule has 0 radical (unpaired) electrons. The average molecular weight is 224 g/mol. The van der Waals surface area contributed by atoms with Gasteiger partial charge in [-0.15, -0.1) is 11.3 Å². The highest BCUT2D eigenvalue weighted by atomic mass is 32.1. The first-order valence-electron chi connectivity index (χ1n) is 5.83. The molecule has 15 heavy (non-hydrogen) atoms. The van der Waals surface area contributed by atoms with E-state index in [1.54, 1.807) is 0 Å². The molecule has 0 aromatic carbocycles. The topological polar surface area (TPSA) is 24.9 Å². The van der Waals surface area contributed by atoms with E-state index >= 15 is 0 Å². The molecule has 1 fully saturated rings. The molecule has 1 aromatic rings. The van der Waals surface area contributed by atoms with Crippen LogP contribution in [0.5, 0.6) is 0 Å². The Morgan fingerprint density at radius 2 is 2.20 bits per heavy atom. The molecule has 3 heteroatoms. The molecule has 0 bridgehead atoms. The summed E-state index contributed by atoms with van der Waals surface area (Å²) in [6, 6.07) is 0. The molecule has 1 saturated carbocycles. The number of hydrogen-bond acceptors (Lipinski definition) is 3. The monoisotopic (exact) mass is 224 g/mol. The third-order valence-corrected chi connectivity index (χ3v) is 3.92. The van der Waals surface area contributed by atoms with Gasteiger partial charge in [-0.3, -0.25) is 0 Å². The second kappa shape index (κ2) is 4.62. The summed E-state index contributed by atoms with van der Waals surface area (Å²) in [5.74, 6) is 1.50. The lowest BCUT2D eigenvalue weighted by Crippen LogP contribution is -2.07.